The topological polar surface area (TPSA) is 68.9 Å². The number of thiophene rings is 1. The third-order valence-electron chi connectivity index (χ3n) is 4.79. The second-order valence-corrected chi connectivity index (χ2v) is 7.36. The van der Waals surface area contributed by atoms with Crippen molar-refractivity contribution in [3.05, 3.63) is 38.7 Å². The van der Waals surface area contributed by atoms with Crippen LogP contribution in [0.3, 0.4) is 0 Å². The molecule has 1 aliphatic rings. The van der Waals surface area contributed by atoms with Gasteiger partial charge in [0.15, 0.2) is 0 Å². The number of hydrogen-bond acceptors (Lipinski definition) is 4. The highest BCUT2D eigenvalue weighted by Crippen LogP contribution is 2.43. The van der Waals surface area contributed by atoms with Crippen molar-refractivity contribution in [1.82, 2.24) is 19.7 Å². The third-order valence-corrected chi connectivity index (χ3v) is 5.86. The van der Waals surface area contributed by atoms with E-state index in [-0.39, 0.29) is 19.0 Å². The van der Waals surface area contributed by atoms with Crippen LogP contribution in [0.5, 0.6) is 0 Å². The number of aromatic nitrogens is 3. The van der Waals surface area contributed by atoms with Gasteiger partial charge in [-0.1, -0.05) is 18.9 Å². The Balaban J connectivity index is 1.69. The van der Waals surface area contributed by atoms with E-state index in [9.17, 15) is 22.8 Å². The Labute approximate surface area is 151 Å². The van der Waals surface area contributed by atoms with Crippen molar-refractivity contribution >= 4 is 17.2 Å². The SMILES string of the molecule is Cn1c(C(F)(F)F)nn(CCNC(=O)C2(c3cccs3)CCCC2)c1=O. The van der Waals surface area contributed by atoms with Gasteiger partial charge >= 0.3 is 11.9 Å². The summed E-state index contributed by atoms with van der Waals surface area (Å²) in [5.41, 5.74) is -1.43. The monoisotopic (exact) mass is 388 g/mol. The van der Waals surface area contributed by atoms with Crippen LogP contribution < -0.4 is 11.0 Å². The van der Waals surface area contributed by atoms with Gasteiger partial charge in [-0.3, -0.25) is 9.36 Å². The van der Waals surface area contributed by atoms with Crippen LogP contribution in [-0.4, -0.2) is 26.8 Å². The number of nitrogens with zero attached hydrogens (tertiary/aromatic N) is 3. The van der Waals surface area contributed by atoms with Crippen molar-refractivity contribution in [2.45, 2.75) is 43.8 Å². The summed E-state index contributed by atoms with van der Waals surface area (Å²) in [5, 5.41) is 8.03. The molecule has 142 valence electrons. The van der Waals surface area contributed by atoms with Crippen molar-refractivity contribution in [2.75, 3.05) is 6.54 Å². The van der Waals surface area contributed by atoms with E-state index < -0.39 is 23.1 Å². The summed E-state index contributed by atoms with van der Waals surface area (Å²) < 4.78 is 39.6. The minimum Gasteiger partial charge on any atom is -0.353 e. The normalized spacial score (nSPS) is 16.8. The lowest BCUT2D eigenvalue weighted by atomic mass is 9.83. The van der Waals surface area contributed by atoms with Gasteiger partial charge in [-0.25, -0.2) is 9.48 Å². The Hall–Kier alpha value is -2.10. The van der Waals surface area contributed by atoms with Gasteiger partial charge in [-0.2, -0.15) is 13.2 Å². The van der Waals surface area contributed by atoms with Gasteiger partial charge in [-0.05, 0) is 24.3 Å². The number of nitrogens with one attached hydrogen (secondary N) is 1. The number of alkyl halides is 3. The van der Waals surface area contributed by atoms with Crippen LogP contribution in [0.2, 0.25) is 0 Å². The molecule has 2 aromatic rings. The van der Waals surface area contributed by atoms with E-state index in [4.69, 9.17) is 0 Å². The molecule has 1 amide bonds. The van der Waals surface area contributed by atoms with Crippen LogP contribution in [0.25, 0.3) is 0 Å². The molecule has 0 bridgehead atoms. The maximum atomic E-state index is 12.8. The van der Waals surface area contributed by atoms with E-state index >= 15 is 0 Å². The molecule has 0 radical (unpaired) electrons. The number of carbonyl (C=O) groups excluding carboxylic acids is 1. The van der Waals surface area contributed by atoms with E-state index in [0.29, 0.717) is 4.57 Å². The molecule has 26 heavy (non-hydrogen) atoms. The van der Waals surface area contributed by atoms with Gasteiger partial charge in [0, 0.05) is 18.5 Å². The molecule has 1 fully saturated rings. The molecule has 0 spiro atoms. The molecule has 0 atom stereocenters. The van der Waals surface area contributed by atoms with Crippen molar-refractivity contribution in [3.63, 3.8) is 0 Å². The first kappa shape index (κ1) is 18.7. The van der Waals surface area contributed by atoms with Gasteiger partial charge in [0.1, 0.15) is 0 Å². The summed E-state index contributed by atoms with van der Waals surface area (Å²) in [6.07, 6.45) is -1.28. The molecular weight excluding hydrogens is 369 g/mol. The smallest absolute Gasteiger partial charge is 0.353 e. The predicted molar refractivity (Wildman–Crippen MR) is 89.9 cm³/mol. The number of rotatable bonds is 5. The number of carbonyl (C=O) groups is 1. The zero-order valence-corrected chi connectivity index (χ0v) is 15.0. The zero-order valence-electron chi connectivity index (χ0n) is 14.2. The van der Waals surface area contributed by atoms with Gasteiger partial charge in [0.05, 0.1) is 12.0 Å². The van der Waals surface area contributed by atoms with Crippen molar-refractivity contribution in [2.24, 2.45) is 7.05 Å². The van der Waals surface area contributed by atoms with Crippen molar-refractivity contribution in [1.29, 1.82) is 0 Å². The van der Waals surface area contributed by atoms with Crippen LogP contribution in [0.15, 0.2) is 22.3 Å². The van der Waals surface area contributed by atoms with Crippen molar-refractivity contribution in [3.8, 4) is 0 Å². The molecule has 0 saturated heterocycles. The van der Waals surface area contributed by atoms with Crippen LogP contribution in [-0.2, 0) is 30.0 Å². The summed E-state index contributed by atoms with van der Waals surface area (Å²) in [6, 6.07) is 3.84. The van der Waals surface area contributed by atoms with E-state index in [2.05, 4.69) is 10.4 Å². The molecule has 1 N–H and O–H groups in total. The molecule has 2 aromatic heterocycles. The standard InChI is InChI=1S/C16H19F3N4O2S/c1-22-12(16(17,18)19)21-23(14(22)25)9-8-20-13(24)15(6-2-3-7-15)11-5-4-10-26-11/h4-5,10H,2-3,6-9H2,1H3,(H,20,24). The molecule has 2 heterocycles. The maximum Gasteiger partial charge on any atom is 0.451 e. The maximum absolute atomic E-state index is 12.8. The first-order chi connectivity index (χ1) is 12.3. The molecule has 0 aromatic carbocycles. The van der Waals surface area contributed by atoms with E-state index in [1.54, 1.807) is 0 Å². The average Bonchev–Trinajstić information content (AvgIpc) is 3.30. The lowest BCUT2D eigenvalue weighted by Crippen LogP contribution is -2.43. The summed E-state index contributed by atoms with van der Waals surface area (Å²) in [7, 11) is 1.03. The first-order valence-corrected chi connectivity index (χ1v) is 9.17. The minimum atomic E-state index is -4.70. The average molecular weight is 388 g/mol. The summed E-state index contributed by atoms with van der Waals surface area (Å²) >= 11 is 1.53. The third kappa shape index (κ3) is 3.29. The molecule has 1 saturated carbocycles. The first-order valence-electron chi connectivity index (χ1n) is 8.29. The molecule has 0 aliphatic heterocycles. The number of hydrogen-bond donors (Lipinski definition) is 1. The Bertz CT molecular complexity index is 833. The summed E-state index contributed by atoms with van der Waals surface area (Å²) in [4.78, 5) is 25.6. The molecule has 3 rings (SSSR count). The second-order valence-electron chi connectivity index (χ2n) is 6.41. The largest absolute Gasteiger partial charge is 0.451 e. The van der Waals surface area contributed by atoms with Gasteiger partial charge in [0.2, 0.25) is 11.7 Å². The summed E-state index contributed by atoms with van der Waals surface area (Å²) in [6.45, 7) is -0.0742. The molecule has 10 heteroatoms. The van der Waals surface area contributed by atoms with Crippen LogP contribution in [0.1, 0.15) is 36.4 Å². The van der Waals surface area contributed by atoms with E-state index in [1.807, 2.05) is 17.5 Å². The number of amides is 1. The van der Waals surface area contributed by atoms with Gasteiger partial charge < -0.3 is 5.32 Å². The molecule has 1 aliphatic carbocycles. The Morgan fingerprint density at radius 1 is 1.38 bits per heavy atom. The summed E-state index contributed by atoms with van der Waals surface area (Å²) in [5.74, 6) is -1.39. The van der Waals surface area contributed by atoms with Gasteiger partial charge in [-0.15, -0.1) is 16.4 Å². The van der Waals surface area contributed by atoms with Crippen LogP contribution in [0.4, 0.5) is 13.2 Å². The van der Waals surface area contributed by atoms with E-state index in [0.717, 1.165) is 42.3 Å². The fourth-order valence-electron chi connectivity index (χ4n) is 3.44. The fraction of sp³-hybridized carbons (Fsp3) is 0.562. The minimum absolute atomic E-state index is 0.0418. The lowest BCUT2D eigenvalue weighted by Gasteiger charge is -2.26. The fourth-order valence-corrected chi connectivity index (χ4v) is 4.42. The number of halogens is 3. The Kier molecular flexibility index (Phi) is 4.96. The quantitative estimate of drug-likeness (QED) is 0.855. The van der Waals surface area contributed by atoms with Crippen molar-refractivity contribution < 1.29 is 18.0 Å². The highest BCUT2D eigenvalue weighted by atomic mass is 32.1. The van der Waals surface area contributed by atoms with Crippen LogP contribution in [0, 0.1) is 0 Å². The zero-order chi connectivity index (χ0) is 18.9. The van der Waals surface area contributed by atoms with Crippen LogP contribution >= 0.6 is 11.3 Å². The predicted octanol–water partition coefficient (Wildman–Crippen LogP) is 2.29. The lowest BCUT2D eigenvalue weighted by molar-refractivity contribution is -0.147. The molecule has 0 unspecified atom stereocenters. The highest BCUT2D eigenvalue weighted by Gasteiger charge is 2.43. The van der Waals surface area contributed by atoms with Gasteiger partial charge in [0.25, 0.3) is 0 Å². The Morgan fingerprint density at radius 2 is 2.08 bits per heavy atom. The molecular formula is C16H19F3N4O2S. The second kappa shape index (κ2) is 6.90. The highest BCUT2D eigenvalue weighted by molar-refractivity contribution is 7.10. The Morgan fingerprint density at radius 3 is 2.62 bits per heavy atom. The molecule has 6 nitrogen and oxygen atoms in total. The van der Waals surface area contributed by atoms with E-state index in [1.165, 1.54) is 11.3 Å².